The van der Waals surface area contributed by atoms with Gasteiger partial charge in [0.1, 0.15) is 11.6 Å². The van der Waals surface area contributed by atoms with Gasteiger partial charge in [-0.2, -0.15) is 0 Å². The van der Waals surface area contributed by atoms with Gasteiger partial charge in [0.15, 0.2) is 5.96 Å². The van der Waals surface area contributed by atoms with Crippen LogP contribution < -0.4 is 15.5 Å². The van der Waals surface area contributed by atoms with Crippen LogP contribution in [0.15, 0.2) is 76.3 Å². The van der Waals surface area contributed by atoms with E-state index in [0.717, 1.165) is 68.5 Å². The Kier molecular flexibility index (Phi) is 7.79. The maximum Gasteiger partial charge on any atom is 0.191 e. The Morgan fingerprint density at radius 1 is 1.03 bits per heavy atom. The van der Waals surface area contributed by atoms with E-state index in [4.69, 9.17) is 9.41 Å². The highest BCUT2D eigenvalue weighted by molar-refractivity contribution is 5.80. The highest BCUT2D eigenvalue weighted by Gasteiger charge is 2.21. The molecule has 1 aromatic carbocycles. The van der Waals surface area contributed by atoms with Crippen molar-refractivity contribution in [1.82, 2.24) is 15.6 Å². The molecule has 32 heavy (non-hydrogen) atoms. The summed E-state index contributed by atoms with van der Waals surface area (Å²) < 4.78 is 5.44. The van der Waals surface area contributed by atoms with Crippen molar-refractivity contribution in [1.29, 1.82) is 0 Å². The van der Waals surface area contributed by atoms with E-state index in [2.05, 4.69) is 63.0 Å². The fraction of sp³-hybridized carbons (Fsp3) is 0.385. The Morgan fingerprint density at radius 3 is 2.62 bits per heavy atom. The van der Waals surface area contributed by atoms with Gasteiger partial charge in [-0.3, -0.25) is 4.99 Å². The normalized spacial score (nSPS) is 15.0. The van der Waals surface area contributed by atoms with Crippen molar-refractivity contribution < 1.29 is 4.42 Å². The number of nitrogens with zero attached hydrogens (tertiary/aromatic N) is 3. The molecule has 0 saturated carbocycles. The molecule has 1 saturated heterocycles. The van der Waals surface area contributed by atoms with Crippen molar-refractivity contribution in [3.8, 4) is 0 Å². The molecule has 4 rings (SSSR count). The maximum absolute atomic E-state index is 5.44. The van der Waals surface area contributed by atoms with Gasteiger partial charge in [0.05, 0.1) is 6.26 Å². The number of pyridine rings is 1. The van der Waals surface area contributed by atoms with Crippen LogP contribution >= 0.6 is 0 Å². The third-order valence-corrected chi connectivity index (χ3v) is 5.79. The van der Waals surface area contributed by atoms with Crippen LogP contribution in [0.25, 0.3) is 0 Å². The van der Waals surface area contributed by atoms with Crippen LogP contribution in [0.1, 0.15) is 29.9 Å². The molecule has 0 unspecified atom stereocenters. The van der Waals surface area contributed by atoms with Crippen LogP contribution in [0.3, 0.4) is 0 Å². The highest BCUT2D eigenvalue weighted by atomic mass is 16.3. The molecule has 0 spiro atoms. The maximum atomic E-state index is 5.44. The molecule has 2 aromatic heterocycles. The molecule has 3 aromatic rings. The van der Waals surface area contributed by atoms with Crippen LogP contribution in [-0.4, -0.2) is 43.2 Å². The van der Waals surface area contributed by atoms with E-state index in [-0.39, 0.29) is 0 Å². The number of aliphatic imine (C=N–C) groups is 1. The van der Waals surface area contributed by atoms with Crippen molar-refractivity contribution in [3.63, 3.8) is 0 Å². The van der Waals surface area contributed by atoms with Gasteiger partial charge < -0.3 is 20.0 Å². The number of rotatable bonds is 8. The van der Waals surface area contributed by atoms with E-state index in [1.807, 2.05) is 25.1 Å². The minimum atomic E-state index is 0.405. The second kappa shape index (κ2) is 11.4. The van der Waals surface area contributed by atoms with E-state index in [0.29, 0.717) is 12.6 Å². The third kappa shape index (κ3) is 6.61. The van der Waals surface area contributed by atoms with Crippen molar-refractivity contribution in [2.45, 2.75) is 38.6 Å². The van der Waals surface area contributed by atoms with Gasteiger partial charge in [0.2, 0.25) is 0 Å². The Balaban J connectivity index is 1.30. The number of anilines is 1. The minimum absolute atomic E-state index is 0.405. The zero-order chi connectivity index (χ0) is 22.0. The molecule has 1 aliphatic rings. The van der Waals surface area contributed by atoms with Gasteiger partial charge in [0, 0.05) is 44.3 Å². The van der Waals surface area contributed by atoms with Crippen molar-refractivity contribution in [2.75, 3.05) is 31.1 Å². The van der Waals surface area contributed by atoms with Crippen molar-refractivity contribution in [3.05, 3.63) is 83.9 Å². The van der Waals surface area contributed by atoms with Crippen molar-refractivity contribution in [2.24, 2.45) is 4.99 Å². The van der Waals surface area contributed by atoms with Gasteiger partial charge in [0.25, 0.3) is 0 Å². The van der Waals surface area contributed by atoms with E-state index in [1.165, 1.54) is 5.56 Å². The number of hydrogen-bond acceptors (Lipinski definition) is 4. The lowest BCUT2D eigenvalue weighted by atomic mass is 10.1. The summed E-state index contributed by atoms with van der Waals surface area (Å²) in [4.78, 5) is 11.9. The standard InChI is InChI=1S/C26H33N5O/c1-21-7-5-11-25(29-21)31-18-14-23(15-19-31)30-26(28-17-13-24-10-6-20-32-24)27-16-12-22-8-3-2-4-9-22/h2-11,20,23H,12-19H2,1H3,(H2,27,28,30). The number of aromatic nitrogens is 1. The van der Waals surface area contributed by atoms with Crippen LogP contribution in [0.5, 0.6) is 0 Å². The van der Waals surface area contributed by atoms with Gasteiger partial charge in [-0.15, -0.1) is 0 Å². The molecule has 0 aliphatic carbocycles. The van der Waals surface area contributed by atoms with Gasteiger partial charge >= 0.3 is 0 Å². The molecular formula is C26H33N5O. The lowest BCUT2D eigenvalue weighted by molar-refractivity contribution is 0.459. The van der Waals surface area contributed by atoms with Gasteiger partial charge in [-0.1, -0.05) is 36.4 Å². The number of guanidine groups is 1. The number of nitrogens with one attached hydrogen (secondary N) is 2. The molecule has 3 heterocycles. The average Bonchev–Trinajstić information content (AvgIpc) is 3.34. The smallest absolute Gasteiger partial charge is 0.191 e. The zero-order valence-electron chi connectivity index (χ0n) is 18.8. The fourth-order valence-electron chi connectivity index (χ4n) is 4.01. The first kappa shape index (κ1) is 21.9. The van der Waals surface area contributed by atoms with E-state index in [9.17, 15) is 0 Å². The molecular weight excluding hydrogens is 398 g/mol. The molecule has 0 amide bonds. The highest BCUT2D eigenvalue weighted by Crippen LogP contribution is 2.18. The Morgan fingerprint density at radius 2 is 1.88 bits per heavy atom. The minimum Gasteiger partial charge on any atom is -0.469 e. The van der Waals surface area contributed by atoms with Crippen LogP contribution in [0.2, 0.25) is 0 Å². The second-order valence-electron chi connectivity index (χ2n) is 8.26. The SMILES string of the molecule is Cc1cccc(N2CCC(NC(=NCCc3ccco3)NCCc3ccccc3)CC2)n1. The molecule has 0 bridgehead atoms. The molecule has 0 radical (unpaired) electrons. The molecule has 0 atom stereocenters. The van der Waals surface area contributed by atoms with Gasteiger partial charge in [-0.05, 0) is 56.0 Å². The van der Waals surface area contributed by atoms with Crippen LogP contribution in [-0.2, 0) is 12.8 Å². The molecule has 6 nitrogen and oxygen atoms in total. The van der Waals surface area contributed by atoms with E-state index in [1.54, 1.807) is 6.26 Å². The molecule has 1 aliphatic heterocycles. The zero-order valence-corrected chi connectivity index (χ0v) is 18.8. The summed E-state index contributed by atoms with van der Waals surface area (Å²) in [5, 5.41) is 7.20. The van der Waals surface area contributed by atoms with Gasteiger partial charge in [-0.25, -0.2) is 4.98 Å². The fourth-order valence-corrected chi connectivity index (χ4v) is 4.01. The first-order valence-electron chi connectivity index (χ1n) is 11.6. The predicted molar refractivity (Wildman–Crippen MR) is 130 cm³/mol. The molecule has 1 fully saturated rings. The molecule has 6 heteroatoms. The largest absolute Gasteiger partial charge is 0.469 e. The van der Waals surface area contributed by atoms with Crippen LogP contribution in [0, 0.1) is 6.92 Å². The summed E-state index contributed by atoms with van der Waals surface area (Å²) in [5.41, 5.74) is 2.39. The Bertz CT molecular complexity index is 963. The Labute approximate surface area is 190 Å². The summed E-state index contributed by atoms with van der Waals surface area (Å²) in [6.45, 7) is 5.59. The van der Waals surface area contributed by atoms with Crippen LogP contribution in [0.4, 0.5) is 5.82 Å². The predicted octanol–water partition coefficient (Wildman–Crippen LogP) is 3.97. The van der Waals surface area contributed by atoms with Crippen molar-refractivity contribution >= 4 is 11.8 Å². The number of aryl methyl sites for hydroxylation is 1. The first-order chi connectivity index (χ1) is 15.8. The topological polar surface area (TPSA) is 65.7 Å². The second-order valence-corrected chi connectivity index (χ2v) is 8.26. The lowest BCUT2D eigenvalue weighted by Gasteiger charge is -2.34. The summed E-state index contributed by atoms with van der Waals surface area (Å²) in [6.07, 6.45) is 5.61. The number of furan rings is 1. The lowest BCUT2D eigenvalue weighted by Crippen LogP contribution is -2.49. The average molecular weight is 432 g/mol. The quantitative estimate of drug-likeness (QED) is 0.417. The monoisotopic (exact) mass is 431 g/mol. The molecule has 2 N–H and O–H groups in total. The third-order valence-electron chi connectivity index (χ3n) is 5.79. The summed E-state index contributed by atoms with van der Waals surface area (Å²) in [6, 6.07) is 21.1. The van der Waals surface area contributed by atoms with E-state index >= 15 is 0 Å². The number of piperidine rings is 1. The summed E-state index contributed by atoms with van der Waals surface area (Å²) in [5.74, 6) is 2.94. The molecule has 168 valence electrons. The summed E-state index contributed by atoms with van der Waals surface area (Å²) >= 11 is 0. The number of hydrogen-bond donors (Lipinski definition) is 2. The number of benzene rings is 1. The summed E-state index contributed by atoms with van der Waals surface area (Å²) in [7, 11) is 0. The Hall–Kier alpha value is -3.28. The first-order valence-corrected chi connectivity index (χ1v) is 11.6. The van der Waals surface area contributed by atoms with E-state index < -0.39 is 0 Å².